The molecule has 0 saturated heterocycles. The highest BCUT2D eigenvalue weighted by molar-refractivity contribution is 5.66. The first-order chi connectivity index (χ1) is 11.6. The summed E-state index contributed by atoms with van der Waals surface area (Å²) in [6, 6.07) is 0. The molecule has 0 aromatic carbocycles. The molecule has 0 amide bonds. The van der Waals surface area contributed by atoms with Gasteiger partial charge in [0.2, 0.25) is 0 Å². The molecule has 0 spiro atoms. The lowest BCUT2D eigenvalue weighted by Gasteiger charge is -2.04. The Kier molecular flexibility index (Phi) is 18.3. The fourth-order valence-corrected chi connectivity index (χ4v) is 3.18. The summed E-state index contributed by atoms with van der Waals surface area (Å²) < 4.78 is 0. The molecule has 0 rings (SSSR count). The van der Waals surface area contributed by atoms with Crippen molar-refractivity contribution in [1.29, 1.82) is 0 Å². The first-order valence-electron chi connectivity index (χ1n) is 10.5. The minimum absolute atomic E-state index is 0.333. The molecule has 0 fully saturated rings. The van der Waals surface area contributed by atoms with Gasteiger partial charge in [0.25, 0.3) is 0 Å². The van der Waals surface area contributed by atoms with E-state index < -0.39 is 5.97 Å². The van der Waals surface area contributed by atoms with Gasteiger partial charge in [-0.15, -0.1) is 0 Å². The van der Waals surface area contributed by atoms with Crippen LogP contribution in [0.15, 0.2) is 0 Å². The van der Waals surface area contributed by atoms with Crippen molar-refractivity contribution in [3.63, 3.8) is 0 Å². The molecular formula is C21H41O3. The topological polar surface area (TPSA) is 57.2 Å². The van der Waals surface area contributed by atoms with E-state index in [1.54, 1.807) is 6.92 Å². The van der Waals surface area contributed by atoms with Gasteiger partial charge in [-0.05, 0) is 19.8 Å². The van der Waals surface area contributed by atoms with E-state index in [9.17, 15) is 9.90 Å². The second kappa shape index (κ2) is 18.8. The molecule has 3 heteroatoms. The molecular weight excluding hydrogens is 300 g/mol. The van der Waals surface area contributed by atoms with Crippen LogP contribution in [-0.4, -0.2) is 17.2 Å². The zero-order chi connectivity index (χ0) is 17.9. The van der Waals surface area contributed by atoms with Crippen LogP contribution in [0.1, 0.15) is 122 Å². The van der Waals surface area contributed by atoms with Gasteiger partial charge in [0.15, 0.2) is 0 Å². The standard InChI is InChI=1S/C21H41O3/c1-20(22)18-16-14-12-10-8-6-4-2-3-5-7-9-11-13-15-17-19-21(23)24/h20H,2-19H2,1H3,(H,23,24). The van der Waals surface area contributed by atoms with Crippen LogP contribution < -0.4 is 0 Å². The zero-order valence-corrected chi connectivity index (χ0v) is 16.1. The van der Waals surface area contributed by atoms with E-state index in [1.807, 2.05) is 0 Å². The third-order valence-corrected chi connectivity index (χ3v) is 4.75. The third-order valence-electron chi connectivity index (χ3n) is 4.75. The average Bonchev–Trinajstić information content (AvgIpc) is 2.53. The second-order valence-electron chi connectivity index (χ2n) is 7.40. The molecule has 24 heavy (non-hydrogen) atoms. The lowest BCUT2D eigenvalue weighted by atomic mass is 10.0. The van der Waals surface area contributed by atoms with Crippen LogP contribution in [-0.2, 0) is 9.90 Å². The van der Waals surface area contributed by atoms with Crippen LogP contribution in [0, 0.1) is 0 Å². The summed E-state index contributed by atoms with van der Waals surface area (Å²) in [7, 11) is 0. The van der Waals surface area contributed by atoms with E-state index in [1.165, 1.54) is 83.5 Å². The minimum Gasteiger partial charge on any atom is -0.481 e. The van der Waals surface area contributed by atoms with E-state index in [0.717, 1.165) is 25.7 Å². The Hall–Kier alpha value is -0.570. The Balaban J connectivity index is 2.99. The smallest absolute Gasteiger partial charge is 0.303 e. The maximum atomic E-state index is 10.9. The van der Waals surface area contributed by atoms with Crippen molar-refractivity contribution in [3.05, 3.63) is 0 Å². The second-order valence-corrected chi connectivity index (χ2v) is 7.40. The highest BCUT2D eigenvalue weighted by atomic mass is 16.4. The third kappa shape index (κ3) is 21.4. The number of unbranched alkanes of at least 4 members (excludes halogenated alkanes) is 15. The Morgan fingerprint density at radius 1 is 0.625 bits per heavy atom. The van der Waals surface area contributed by atoms with Crippen LogP contribution in [0.4, 0.5) is 0 Å². The molecule has 0 aromatic heterocycles. The Morgan fingerprint density at radius 2 is 0.917 bits per heavy atom. The zero-order valence-electron chi connectivity index (χ0n) is 16.1. The largest absolute Gasteiger partial charge is 0.481 e. The molecule has 1 unspecified atom stereocenters. The van der Waals surface area contributed by atoms with Gasteiger partial charge in [-0.2, -0.15) is 0 Å². The number of carboxylic acid groups (broad SMARTS) is 1. The highest BCUT2D eigenvalue weighted by Crippen LogP contribution is 2.14. The van der Waals surface area contributed by atoms with Crippen LogP contribution in [0.2, 0.25) is 0 Å². The molecule has 0 aromatic rings. The molecule has 0 aliphatic rings. The number of hydrogen-bond donors (Lipinski definition) is 1. The minimum atomic E-state index is -0.663. The summed E-state index contributed by atoms with van der Waals surface area (Å²) >= 11 is 0. The van der Waals surface area contributed by atoms with Gasteiger partial charge in [-0.1, -0.05) is 96.3 Å². The first kappa shape index (κ1) is 23.4. The molecule has 1 N–H and O–H groups in total. The van der Waals surface area contributed by atoms with Crippen molar-refractivity contribution in [2.75, 3.05) is 0 Å². The fraction of sp³-hybridized carbons (Fsp3) is 0.952. The van der Waals surface area contributed by atoms with Gasteiger partial charge in [0, 0.05) is 6.42 Å². The van der Waals surface area contributed by atoms with Gasteiger partial charge in [0.05, 0.1) is 6.10 Å². The SMILES string of the molecule is CC([O])CCCCCCCCCCCCCCCCCCC(=O)O. The molecule has 1 atom stereocenters. The summed E-state index contributed by atoms with van der Waals surface area (Å²) in [5, 5.41) is 19.4. The summed E-state index contributed by atoms with van der Waals surface area (Å²) in [5.74, 6) is -0.663. The van der Waals surface area contributed by atoms with Crippen molar-refractivity contribution in [2.45, 2.75) is 129 Å². The molecule has 0 heterocycles. The quantitative estimate of drug-likeness (QED) is 0.259. The van der Waals surface area contributed by atoms with Crippen LogP contribution in [0.5, 0.6) is 0 Å². The lowest BCUT2D eigenvalue weighted by molar-refractivity contribution is -0.137. The van der Waals surface area contributed by atoms with Crippen molar-refractivity contribution >= 4 is 5.97 Å². The van der Waals surface area contributed by atoms with Gasteiger partial charge >= 0.3 is 5.97 Å². The van der Waals surface area contributed by atoms with Crippen molar-refractivity contribution in [1.82, 2.24) is 0 Å². The summed E-state index contributed by atoms with van der Waals surface area (Å²) in [6.45, 7) is 1.77. The summed E-state index contributed by atoms with van der Waals surface area (Å²) in [4.78, 5) is 10.4. The predicted octanol–water partition coefficient (Wildman–Crippen LogP) is 6.91. The highest BCUT2D eigenvalue weighted by Gasteiger charge is 1.98. The van der Waals surface area contributed by atoms with E-state index in [-0.39, 0.29) is 6.10 Å². The maximum absolute atomic E-state index is 10.9. The Labute approximate surface area is 150 Å². The lowest BCUT2D eigenvalue weighted by Crippen LogP contribution is -1.95. The molecule has 3 nitrogen and oxygen atoms in total. The molecule has 0 bridgehead atoms. The average molecular weight is 342 g/mol. The number of rotatable bonds is 19. The van der Waals surface area contributed by atoms with Crippen LogP contribution in [0.25, 0.3) is 0 Å². The molecule has 1 radical (unpaired) electrons. The summed E-state index contributed by atoms with van der Waals surface area (Å²) in [6.07, 6.45) is 21.1. The molecule has 0 aliphatic carbocycles. The molecule has 0 saturated carbocycles. The predicted molar refractivity (Wildman–Crippen MR) is 101 cm³/mol. The van der Waals surface area contributed by atoms with E-state index in [4.69, 9.17) is 5.11 Å². The fourth-order valence-electron chi connectivity index (χ4n) is 3.18. The van der Waals surface area contributed by atoms with E-state index in [0.29, 0.717) is 6.42 Å². The van der Waals surface area contributed by atoms with E-state index in [2.05, 4.69) is 0 Å². The Morgan fingerprint density at radius 3 is 1.21 bits per heavy atom. The van der Waals surface area contributed by atoms with Gasteiger partial charge in [-0.25, -0.2) is 5.11 Å². The number of carboxylic acids is 1. The van der Waals surface area contributed by atoms with Crippen molar-refractivity contribution in [3.8, 4) is 0 Å². The number of carbonyl (C=O) groups is 1. The number of hydrogen-bond acceptors (Lipinski definition) is 1. The van der Waals surface area contributed by atoms with Crippen LogP contribution >= 0.6 is 0 Å². The van der Waals surface area contributed by atoms with Crippen LogP contribution in [0.3, 0.4) is 0 Å². The van der Waals surface area contributed by atoms with Crippen molar-refractivity contribution < 1.29 is 15.0 Å². The monoisotopic (exact) mass is 341 g/mol. The van der Waals surface area contributed by atoms with E-state index >= 15 is 0 Å². The molecule has 143 valence electrons. The van der Waals surface area contributed by atoms with Gasteiger partial charge in [-0.3, -0.25) is 4.79 Å². The summed E-state index contributed by atoms with van der Waals surface area (Å²) in [5.41, 5.74) is 0. The normalized spacial score (nSPS) is 12.4. The van der Waals surface area contributed by atoms with Gasteiger partial charge in [0.1, 0.15) is 0 Å². The van der Waals surface area contributed by atoms with Gasteiger partial charge < -0.3 is 5.11 Å². The molecule has 0 aliphatic heterocycles. The first-order valence-corrected chi connectivity index (χ1v) is 10.5. The number of aliphatic carboxylic acids is 1. The van der Waals surface area contributed by atoms with Crippen molar-refractivity contribution in [2.24, 2.45) is 0 Å². The maximum Gasteiger partial charge on any atom is 0.303 e. The Bertz CT molecular complexity index is 264.